The van der Waals surface area contributed by atoms with Crippen molar-refractivity contribution in [1.82, 2.24) is 10.2 Å². The van der Waals surface area contributed by atoms with Gasteiger partial charge in [-0.15, -0.1) is 11.3 Å². The van der Waals surface area contributed by atoms with Crippen LogP contribution in [0.1, 0.15) is 23.3 Å². The van der Waals surface area contributed by atoms with E-state index in [1.54, 1.807) is 11.3 Å². The Morgan fingerprint density at radius 2 is 2.12 bits per heavy atom. The molecule has 1 saturated heterocycles. The van der Waals surface area contributed by atoms with Gasteiger partial charge < -0.3 is 15.0 Å². The molecule has 1 aliphatic rings. The van der Waals surface area contributed by atoms with E-state index in [4.69, 9.17) is 17.0 Å². The molecular formula is C19H24N2OS2. The molecule has 0 spiro atoms. The maximum atomic E-state index is 5.80. The molecule has 2 heterocycles. The van der Waals surface area contributed by atoms with Gasteiger partial charge in [-0.2, -0.15) is 0 Å². The van der Waals surface area contributed by atoms with E-state index in [9.17, 15) is 0 Å². The second kappa shape index (κ2) is 9.16. The summed E-state index contributed by atoms with van der Waals surface area (Å²) in [5.74, 6) is 0. The van der Waals surface area contributed by atoms with Crippen molar-refractivity contribution in [2.75, 3.05) is 19.7 Å². The van der Waals surface area contributed by atoms with Gasteiger partial charge in [-0.3, -0.25) is 0 Å². The number of nitrogens with one attached hydrogen (secondary N) is 1. The SMILES string of the molecule is S=C(NCCc1ccccc1)N(Cc1cccs1)C[C@H]1CCCO1. The lowest BCUT2D eigenvalue weighted by Gasteiger charge is -2.28. The molecule has 3 rings (SSSR count). The fourth-order valence-electron chi connectivity index (χ4n) is 2.91. The zero-order chi connectivity index (χ0) is 16.6. The van der Waals surface area contributed by atoms with Crippen LogP contribution in [0.3, 0.4) is 0 Å². The van der Waals surface area contributed by atoms with Crippen molar-refractivity contribution in [2.45, 2.75) is 31.9 Å². The Morgan fingerprint density at radius 1 is 1.25 bits per heavy atom. The van der Waals surface area contributed by atoms with E-state index < -0.39 is 0 Å². The molecule has 0 saturated carbocycles. The molecule has 3 nitrogen and oxygen atoms in total. The largest absolute Gasteiger partial charge is 0.376 e. The zero-order valence-corrected chi connectivity index (χ0v) is 15.5. The number of hydrogen-bond acceptors (Lipinski definition) is 3. The minimum atomic E-state index is 0.304. The quantitative estimate of drug-likeness (QED) is 0.758. The summed E-state index contributed by atoms with van der Waals surface area (Å²) in [5, 5.41) is 6.37. The molecular weight excluding hydrogens is 336 g/mol. The van der Waals surface area contributed by atoms with Crippen LogP contribution >= 0.6 is 23.6 Å². The lowest BCUT2D eigenvalue weighted by atomic mass is 10.1. The molecule has 0 unspecified atom stereocenters. The van der Waals surface area contributed by atoms with Crippen LogP contribution in [0.15, 0.2) is 47.8 Å². The fraction of sp³-hybridized carbons (Fsp3) is 0.421. The van der Waals surface area contributed by atoms with Gasteiger partial charge in [-0.25, -0.2) is 0 Å². The highest BCUT2D eigenvalue weighted by Gasteiger charge is 2.21. The third-order valence-corrected chi connectivity index (χ3v) is 5.46. The molecule has 1 fully saturated rings. The van der Waals surface area contributed by atoms with Gasteiger partial charge in [0.1, 0.15) is 0 Å². The molecule has 0 amide bonds. The van der Waals surface area contributed by atoms with Crippen LogP contribution in [0, 0.1) is 0 Å². The van der Waals surface area contributed by atoms with Crippen LogP contribution in [-0.2, 0) is 17.7 Å². The molecule has 1 aromatic carbocycles. The molecule has 1 N–H and O–H groups in total. The average Bonchev–Trinajstić information content (AvgIpc) is 3.29. The number of benzene rings is 1. The van der Waals surface area contributed by atoms with Crippen molar-refractivity contribution in [3.63, 3.8) is 0 Å². The van der Waals surface area contributed by atoms with Crippen LogP contribution in [0.4, 0.5) is 0 Å². The van der Waals surface area contributed by atoms with Gasteiger partial charge in [-0.1, -0.05) is 36.4 Å². The van der Waals surface area contributed by atoms with Crippen LogP contribution in [0.5, 0.6) is 0 Å². The third kappa shape index (κ3) is 5.30. The van der Waals surface area contributed by atoms with Crippen LogP contribution < -0.4 is 5.32 Å². The Labute approximate surface area is 153 Å². The monoisotopic (exact) mass is 360 g/mol. The van der Waals surface area contributed by atoms with Crippen molar-refractivity contribution in [1.29, 1.82) is 0 Å². The summed E-state index contributed by atoms with van der Waals surface area (Å²) in [6.45, 7) is 3.46. The standard InChI is InChI=1S/C19H24N2OS2/c23-19(20-11-10-16-6-2-1-3-7-16)21(14-17-8-4-12-22-17)15-18-9-5-13-24-18/h1-3,5-7,9,13,17H,4,8,10-12,14-15H2,(H,20,23)/t17-/m1/s1. The normalized spacial score (nSPS) is 16.9. The van der Waals surface area contributed by atoms with Crippen molar-refractivity contribution < 1.29 is 4.74 Å². The Bertz CT molecular complexity index is 610. The highest BCUT2D eigenvalue weighted by molar-refractivity contribution is 7.80. The summed E-state index contributed by atoms with van der Waals surface area (Å²) >= 11 is 7.44. The third-order valence-electron chi connectivity index (χ3n) is 4.19. The first-order valence-electron chi connectivity index (χ1n) is 8.52. The van der Waals surface area contributed by atoms with Gasteiger partial charge in [0, 0.05) is 24.6 Å². The van der Waals surface area contributed by atoms with E-state index in [1.165, 1.54) is 10.4 Å². The molecule has 1 atom stereocenters. The number of hydrogen-bond donors (Lipinski definition) is 1. The summed E-state index contributed by atoms with van der Waals surface area (Å²) in [6.07, 6.45) is 3.58. The number of nitrogens with zero attached hydrogens (tertiary/aromatic N) is 1. The van der Waals surface area contributed by atoms with Gasteiger partial charge >= 0.3 is 0 Å². The minimum Gasteiger partial charge on any atom is -0.376 e. The van der Waals surface area contributed by atoms with Gasteiger partial charge in [-0.05, 0) is 48.5 Å². The molecule has 128 valence electrons. The van der Waals surface area contributed by atoms with Crippen molar-refractivity contribution in [3.8, 4) is 0 Å². The first kappa shape index (κ1) is 17.4. The van der Waals surface area contributed by atoms with Crippen molar-refractivity contribution in [2.24, 2.45) is 0 Å². The number of thiocarbonyl (C=S) groups is 1. The Kier molecular flexibility index (Phi) is 6.64. The van der Waals surface area contributed by atoms with E-state index in [1.807, 2.05) is 6.07 Å². The molecule has 1 aromatic heterocycles. The number of rotatable bonds is 7. The fourth-order valence-corrected chi connectivity index (χ4v) is 3.87. The second-order valence-electron chi connectivity index (χ2n) is 6.06. The van der Waals surface area contributed by atoms with Gasteiger partial charge in [0.05, 0.1) is 12.6 Å². The van der Waals surface area contributed by atoms with Gasteiger partial charge in [0.15, 0.2) is 5.11 Å². The second-order valence-corrected chi connectivity index (χ2v) is 7.48. The number of ether oxygens (including phenoxy) is 1. The van der Waals surface area contributed by atoms with Crippen LogP contribution in [0.2, 0.25) is 0 Å². The summed E-state index contributed by atoms with van der Waals surface area (Å²) < 4.78 is 5.80. The smallest absolute Gasteiger partial charge is 0.169 e. The molecule has 5 heteroatoms. The van der Waals surface area contributed by atoms with E-state index >= 15 is 0 Å². The summed E-state index contributed by atoms with van der Waals surface area (Å²) in [7, 11) is 0. The maximum Gasteiger partial charge on any atom is 0.169 e. The van der Waals surface area contributed by atoms with Gasteiger partial charge in [0.25, 0.3) is 0 Å². The highest BCUT2D eigenvalue weighted by atomic mass is 32.1. The molecule has 0 radical (unpaired) electrons. The highest BCUT2D eigenvalue weighted by Crippen LogP contribution is 2.17. The summed E-state index contributed by atoms with van der Waals surface area (Å²) in [5.41, 5.74) is 1.33. The molecule has 24 heavy (non-hydrogen) atoms. The minimum absolute atomic E-state index is 0.304. The lowest BCUT2D eigenvalue weighted by Crippen LogP contribution is -2.43. The first-order valence-corrected chi connectivity index (χ1v) is 9.81. The molecule has 2 aromatic rings. The lowest BCUT2D eigenvalue weighted by molar-refractivity contribution is 0.0899. The maximum absolute atomic E-state index is 5.80. The molecule has 0 aliphatic carbocycles. The van der Waals surface area contributed by atoms with Crippen LogP contribution in [0.25, 0.3) is 0 Å². The molecule has 1 aliphatic heterocycles. The Hall–Kier alpha value is -1.43. The van der Waals surface area contributed by atoms with E-state index in [-0.39, 0.29) is 0 Å². The number of thiophene rings is 1. The zero-order valence-electron chi connectivity index (χ0n) is 13.8. The van der Waals surface area contributed by atoms with Crippen molar-refractivity contribution >= 4 is 28.7 Å². The van der Waals surface area contributed by atoms with Crippen molar-refractivity contribution in [3.05, 3.63) is 58.3 Å². The predicted molar refractivity (Wildman–Crippen MR) is 104 cm³/mol. The van der Waals surface area contributed by atoms with Gasteiger partial charge in [0.2, 0.25) is 0 Å². The summed E-state index contributed by atoms with van der Waals surface area (Å²) in [4.78, 5) is 3.59. The van der Waals surface area contributed by atoms with Crippen LogP contribution in [-0.4, -0.2) is 35.8 Å². The average molecular weight is 361 g/mol. The van der Waals surface area contributed by atoms with E-state index in [0.29, 0.717) is 6.10 Å². The molecule has 0 bridgehead atoms. The topological polar surface area (TPSA) is 24.5 Å². The predicted octanol–water partition coefficient (Wildman–Crippen LogP) is 3.85. The van der Waals surface area contributed by atoms with E-state index in [2.05, 4.69) is 52.0 Å². The Balaban J connectivity index is 1.53. The first-order chi connectivity index (χ1) is 11.8. The van der Waals surface area contributed by atoms with E-state index in [0.717, 1.165) is 50.6 Å². The summed E-state index contributed by atoms with van der Waals surface area (Å²) in [6, 6.07) is 14.8. The Morgan fingerprint density at radius 3 is 2.83 bits per heavy atom.